The van der Waals surface area contributed by atoms with Crippen molar-refractivity contribution in [1.29, 1.82) is 0 Å². The number of carbonyl (C=O) groups is 2. The van der Waals surface area contributed by atoms with Crippen molar-refractivity contribution in [3.8, 4) is 0 Å². The van der Waals surface area contributed by atoms with Gasteiger partial charge in [0.1, 0.15) is 5.69 Å². The number of anilines is 1. The fourth-order valence-electron chi connectivity index (χ4n) is 1.51. The van der Waals surface area contributed by atoms with Crippen LogP contribution in [-0.4, -0.2) is 17.2 Å². The van der Waals surface area contributed by atoms with Gasteiger partial charge < -0.3 is 5.32 Å². The van der Waals surface area contributed by atoms with Gasteiger partial charge in [-0.05, 0) is 24.3 Å². The van der Waals surface area contributed by atoms with Crippen molar-refractivity contribution in [2.45, 2.75) is 0 Å². The largest absolute Gasteiger partial charge is 0.328 e. The van der Waals surface area contributed by atoms with E-state index in [2.05, 4.69) is 10.3 Å². The molecular formula is C13H10N2O2. The summed E-state index contributed by atoms with van der Waals surface area (Å²) in [5.41, 5.74) is 1.27. The fourth-order valence-corrected chi connectivity index (χ4v) is 1.51. The van der Waals surface area contributed by atoms with E-state index in [9.17, 15) is 9.59 Å². The lowest BCUT2D eigenvalue weighted by Gasteiger charge is -2.06. The van der Waals surface area contributed by atoms with Gasteiger partial charge in [-0.1, -0.05) is 18.2 Å². The molecule has 1 aromatic carbocycles. The van der Waals surface area contributed by atoms with Crippen molar-refractivity contribution in [3.63, 3.8) is 0 Å². The lowest BCUT2D eigenvalue weighted by atomic mass is 10.1. The highest BCUT2D eigenvalue weighted by Gasteiger charge is 2.13. The molecule has 0 bridgehead atoms. The molecule has 0 spiro atoms. The minimum absolute atomic E-state index is 0.212. The number of aromatic nitrogens is 1. The van der Waals surface area contributed by atoms with Gasteiger partial charge in [0.05, 0.1) is 5.69 Å². The first-order chi connectivity index (χ1) is 8.33. The molecule has 1 N–H and O–H groups in total. The Bertz CT molecular complexity index is 538. The van der Waals surface area contributed by atoms with E-state index in [-0.39, 0.29) is 5.78 Å². The van der Waals surface area contributed by atoms with E-state index in [1.54, 1.807) is 48.7 Å². The monoisotopic (exact) mass is 226 g/mol. The molecule has 1 amide bonds. The molecule has 0 aliphatic carbocycles. The zero-order valence-corrected chi connectivity index (χ0v) is 8.96. The topological polar surface area (TPSA) is 59.1 Å². The maximum Gasteiger partial charge on any atom is 0.213 e. The molecule has 17 heavy (non-hydrogen) atoms. The Kier molecular flexibility index (Phi) is 3.25. The highest BCUT2D eigenvalue weighted by atomic mass is 16.1. The van der Waals surface area contributed by atoms with Crippen LogP contribution in [0.5, 0.6) is 0 Å². The first-order valence-electron chi connectivity index (χ1n) is 5.08. The molecule has 84 valence electrons. The van der Waals surface area contributed by atoms with Gasteiger partial charge in [0, 0.05) is 11.8 Å². The minimum atomic E-state index is -0.212. The van der Waals surface area contributed by atoms with Crippen LogP contribution in [0.4, 0.5) is 5.69 Å². The molecule has 2 rings (SSSR count). The minimum Gasteiger partial charge on any atom is -0.328 e. The zero-order chi connectivity index (χ0) is 12.1. The second-order valence-electron chi connectivity index (χ2n) is 3.35. The average Bonchev–Trinajstić information content (AvgIpc) is 2.40. The predicted octanol–water partition coefficient (Wildman–Crippen LogP) is 1.88. The molecule has 0 saturated carbocycles. The predicted molar refractivity (Wildman–Crippen MR) is 63.8 cm³/mol. The molecule has 0 atom stereocenters. The molecule has 0 aliphatic heterocycles. The molecule has 0 unspecified atom stereocenters. The summed E-state index contributed by atoms with van der Waals surface area (Å²) < 4.78 is 0. The number of nitrogens with one attached hydrogen (secondary N) is 1. The number of ketones is 1. The van der Waals surface area contributed by atoms with E-state index in [1.807, 2.05) is 0 Å². The molecule has 0 radical (unpaired) electrons. The van der Waals surface area contributed by atoms with Crippen LogP contribution in [0.3, 0.4) is 0 Å². The van der Waals surface area contributed by atoms with Crippen LogP contribution < -0.4 is 5.32 Å². The van der Waals surface area contributed by atoms with Crippen LogP contribution in [0, 0.1) is 0 Å². The third-order valence-corrected chi connectivity index (χ3v) is 2.28. The van der Waals surface area contributed by atoms with E-state index >= 15 is 0 Å². The van der Waals surface area contributed by atoms with Crippen LogP contribution >= 0.6 is 0 Å². The second-order valence-corrected chi connectivity index (χ2v) is 3.35. The van der Waals surface area contributed by atoms with Crippen molar-refractivity contribution in [3.05, 3.63) is 59.9 Å². The Morgan fingerprint density at radius 2 is 1.88 bits per heavy atom. The van der Waals surface area contributed by atoms with Crippen LogP contribution in [0.1, 0.15) is 16.1 Å². The van der Waals surface area contributed by atoms with Gasteiger partial charge in [-0.2, -0.15) is 0 Å². The number of carbonyl (C=O) groups excluding carboxylic acids is 2. The molecule has 1 aromatic heterocycles. The first-order valence-corrected chi connectivity index (χ1v) is 5.08. The summed E-state index contributed by atoms with van der Waals surface area (Å²) in [4.78, 5) is 26.6. The van der Waals surface area contributed by atoms with Crippen molar-refractivity contribution in [2.75, 3.05) is 5.32 Å². The van der Waals surface area contributed by atoms with Crippen LogP contribution in [0.25, 0.3) is 0 Å². The third kappa shape index (κ3) is 2.36. The van der Waals surface area contributed by atoms with E-state index in [4.69, 9.17) is 0 Å². The molecule has 0 saturated heterocycles. The number of hydrogen-bond acceptors (Lipinski definition) is 3. The van der Waals surface area contributed by atoms with Crippen molar-refractivity contribution in [1.82, 2.24) is 4.98 Å². The highest BCUT2D eigenvalue weighted by Crippen LogP contribution is 2.17. The van der Waals surface area contributed by atoms with Crippen LogP contribution in [0.15, 0.2) is 48.7 Å². The lowest BCUT2D eigenvalue weighted by molar-refractivity contribution is -0.105. The van der Waals surface area contributed by atoms with E-state index in [0.29, 0.717) is 23.4 Å². The number of nitrogens with zero attached hydrogens (tertiary/aromatic N) is 1. The number of amides is 1. The highest BCUT2D eigenvalue weighted by molar-refractivity contribution is 6.11. The van der Waals surface area contributed by atoms with Gasteiger partial charge >= 0.3 is 0 Å². The standard InChI is InChI=1S/C13H10N2O2/c16-9-15-11-6-2-1-5-10(11)13(17)12-7-3-4-8-14-12/h1-9H,(H,15,16). The fraction of sp³-hybridized carbons (Fsp3) is 0. The smallest absolute Gasteiger partial charge is 0.213 e. The summed E-state index contributed by atoms with van der Waals surface area (Å²) in [6.07, 6.45) is 2.10. The number of benzene rings is 1. The van der Waals surface area contributed by atoms with E-state index in [1.165, 1.54) is 0 Å². The first kappa shape index (κ1) is 11.0. The normalized spacial score (nSPS) is 9.65. The summed E-state index contributed by atoms with van der Waals surface area (Å²) in [5, 5.41) is 2.50. The summed E-state index contributed by atoms with van der Waals surface area (Å²) in [6, 6.07) is 11.9. The van der Waals surface area contributed by atoms with Crippen LogP contribution in [0.2, 0.25) is 0 Å². The van der Waals surface area contributed by atoms with Gasteiger partial charge in [0.25, 0.3) is 0 Å². The Labute approximate surface area is 98.3 Å². The number of rotatable bonds is 4. The maximum atomic E-state index is 12.1. The summed E-state index contributed by atoms with van der Waals surface area (Å²) in [5.74, 6) is -0.212. The molecule has 2 aromatic rings. The SMILES string of the molecule is O=CNc1ccccc1C(=O)c1ccccn1. The van der Waals surface area contributed by atoms with Crippen LogP contribution in [-0.2, 0) is 4.79 Å². The van der Waals surface area contributed by atoms with E-state index < -0.39 is 0 Å². The van der Waals surface area contributed by atoms with Crippen molar-refractivity contribution in [2.24, 2.45) is 0 Å². The number of hydrogen-bond donors (Lipinski definition) is 1. The lowest BCUT2D eigenvalue weighted by Crippen LogP contribution is -2.07. The Morgan fingerprint density at radius 1 is 1.12 bits per heavy atom. The van der Waals surface area contributed by atoms with Crippen molar-refractivity contribution >= 4 is 17.9 Å². The zero-order valence-electron chi connectivity index (χ0n) is 8.96. The summed E-state index contributed by atoms with van der Waals surface area (Å²) in [6.45, 7) is 0. The molecular weight excluding hydrogens is 216 g/mol. The number of pyridine rings is 1. The van der Waals surface area contributed by atoms with Gasteiger partial charge in [0.2, 0.25) is 12.2 Å². The molecule has 1 heterocycles. The molecule has 0 fully saturated rings. The average molecular weight is 226 g/mol. The van der Waals surface area contributed by atoms with Gasteiger partial charge in [-0.25, -0.2) is 0 Å². The summed E-state index contributed by atoms with van der Waals surface area (Å²) >= 11 is 0. The maximum absolute atomic E-state index is 12.1. The Balaban J connectivity index is 2.40. The second kappa shape index (κ2) is 5.03. The quantitative estimate of drug-likeness (QED) is 0.639. The van der Waals surface area contributed by atoms with Gasteiger partial charge in [0.15, 0.2) is 0 Å². The third-order valence-electron chi connectivity index (χ3n) is 2.28. The van der Waals surface area contributed by atoms with Gasteiger partial charge in [-0.3, -0.25) is 14.6 Å². The Morgan fingerprint density at radius 3 is 2.59 bits per heavy atom. The molecule has 0 aliphatic rings. The molecule has 4 heteroatoms. The van der Waals surface area contributed by atoms with E-state index in [0.717, 1.165) is 0 Å². The summed E-state index contributed by atoms with van der Waals surface area (Å²) in [7, 11) is 0. The Hall–Kier alpha value is -2.49. The number of para-hydroxylation sites is 1. The van der Waals surface area contributed by atoms with Crippen molar-refractivity contribution < 1.29 is 9.59 Å². The molecule has 4 nitrogen and oxygen atoms in total. The van der Waals surface area contributed by atoms with Gasteiger partial charge in [-0.15, -0.1) is 0 Å².